The number of piperidine rings is 1. The fourth-order valence-electron chi connectivity index (χ4n) is 2.34. The summed E-state index contributed by atoms with van der Waals surface area (Å²) in [5.41, 5.74) is 0.737. The minimum atomic E-state index is 0.0429. The Balaban J connectivity index is 2.03. The van der Waals surface area contributed by atoms with Crippen LogP contribution in [0.5, 0.6) is 11.5 Å². The van der Waals surface area contributed by atoms with Gasteiger partial charge in [0.05, 0.1) is 19.6 Å². The van der Waals surface area contributed by atoms with E-state index in [-0.39, 0.29) is 11.8 Å². The molecule has 2 rings (SSSR count). The highest BCUT2D eigenvalue weighted by Crippen LogP contribution is 2.30. The Morgan fingerprint density at radius 2 is 2.30 bits per heavy atom. The summed E-state index contributed by atoms with van der Waals surface area (Å²) < 4.78 is 10.7. The highest BCUT2D eigenvalue weighted by molar-refractivity contribution is 5.93. The summed E-state index contributed by atoms with van der Waals surface area (Å²) in [6.45, 7) is 4.25. The summed E-state index contributed by atoms with van der Waals surface area (Å²) >= 11 is 0. The Morgan fingerprint density at radius 3 is 2.95 bits per heavy atom. The largest absolute Gasteiger partial charge is 0.493 e. The molecule has 0 spiro atoms. The van der Waals surface area contributed by atoms with Crippen LogP contribution in [0.4, 0.5) is 5.69 Å². The van der Waals surface area contributed by atoms with E-state index in [1.54, 1.807) is 13.2 Å². The number of anilines is 1. The number of carbonyl (C=O) groups excluding carboxylic acids is 1. The van der Waals surface area contributed by atoms with Crippen LogP contribution in [0.3, 0.4) is 0 Å². The zero-order valence-electron chi connectivity index (χ0n) is 12.1. The molecule has 110 valence electrons. The number of hydrogen-bond acceptors (Lipinski definition) is 4. The fourth-order valence-corrected chi connectivity index (χ4v) is 2.34. The quantitative estimate of drug-likeness (QED) is 0.865. The van der Waals surface area contributed by atoms with Gasteiger partial charge in [-0.2, -0.15) is 0 Å². The molecule has 1 heterocycles. The summed E-state index contributed by atoms with van der Waals surface area (Å²) in [5.74, 6) is 1.42. The van der Waals surface area contributed by atoms with E-state index in [2.05, 4.69) is 10.6 Å². The van der Waals surface area contributed by atoms with Crippen molar-refractivity contribution >= 4 is 11.6 Å². The standard InChI is InChI=1S/C15H22N2O3/c1-3-20-13-7-6-12(9-14(13)19-2)17-15(18)11-5-4-8-16-10-11/h6-7,9,11,16H,3-5,8,10H2,1-2H3,(H,17,18)/t11-/m0/s1. The summed E-state index contributed by atoms with van der Waals surface area (Å²) in [6, 6.07) is 5.44. The molecule has 5 heteroatoms. The topological polar surface area (TPSA) is 59.6 Å². The molecule has 5 nitrogen and oxygen atoms in total. The van der Waals surface area contributed by atoms with Crippen molar-refractivity contribution in [1.82, 2.24) is 5.32 Å². The van der Waals surface area contributed by atoms with Gasteiger partial charge in [-0.1, -0.05) is 0 Å². The van der Waals surface area contributed by atoms with Crippen molar-refractivity contribution in [1.29, 1.82) is 0 Å². The molecule has 20 heavy (non-hydrogen) atoms. The molecule has 1 fully saturated rings. The molecule has 1 aliphatic heterocycles. The lowest BCUT2D eigenvalue weighted by molar-refractivity contribution is -0.120. The van der Waals surface area contributed by atoms with Crippen LogP contribution in [0.1, 0.15) is 19.8 Å². The Labute approximate surface area is 119 Å². The molecule has 0 unspecified atom stereocenters. The van der Waals surface area contributed by atoms with Crippen molar-refractivity contribution in [3.8, 4) is 11.5 Å². The zero-order valence-corrected chi connectivity index (χ0v) is 12.1. The third kappa shape index (κ3) is 3.63. The molecule has 0 saturated carbocycles. The second-order valence-electron chi connectivity index (χ2n) is 4.83. The number of nitrogens with one attached hydrogen (secondary N) is 2. The molecule has 1 saturated heterocycles. The van der Waals surface area contributed by atoms with Gasteiger partial charge in [0.2, 0.25) is 5.91 Å². The van der Waals surface area contributed by atoms with Gasteiger partial charge in [0, 0.05) is 18.3 Å². The monoisotopic (exact) mass is 278 g/mol. The van der Waals surface area contributed by atoms with Gasteiger partial charge in [-0.3, -0.25) is 4.79 Å². The van der Waals surface area contributed by atoms with Crippen molar-refractivity contribution in [2.75, 3.05) is 32.1 Å². The number of hydrogen-bond donors (Lipinski definition) is 2. The second kappa shape index (κ2) is 7.14. The Bertz CT molecular complexity index is 456. The lowest BCUT2D eigenvalue weighted by Gasteiger charge is -2.22. The van der Waals surface area contributed by atoms with Gasteiger partial charge >= 0.3 is 0 Å². The van der Waals surface area contributed by atoms with Crippen LogP contribution in [0.25, 0.3) is 0 Å². The van der Waals surface area contributed by atoms with Crippen LogP contribution < -0.4 is 20.1 Å². The first-order chi connectivity index (χ1) is 9.74. The minimum Gasteiger partial charge on any atom is -0.493 e. The number of ether oxygens (including phenoxy) is 2. The average molecular weight is 278 g/mol. The van der Waals surface area contributed by atoms with Gasteiger partial charge in [-0.05, 0) is 38.4 Å². The Hall–Kier alpha value is -1.75. The Kier molecular flexibility index (Phi) is 5.24. The molecule has 1 atom stereocenters. The predicted molar refractivity (Wildman–Crippen MR) is 78.4 cm³/mol. The van der Waals surface area contributed by atoms with E-state index >= 15 is 0 Å². The third-order valence-electron chi connectivity index (χ3n) is 3.40. The first-order valence-electron chi connectivity index (χ1n) is 7.07. The first-order valence-corrected chi connectivity index (χ1v) is 7.07. The van der Waals surface area contributed by atoms with Gasteiger partial charge in [-0.15, -0.1) is 0 Å². The summed E-state index contributed by atoms with van der Waals surface area (Å²) in [4.78, 5) is 12.2. The van der Waals surface area contributed by atoms with Crippen LogP contribution in [0.2, 0.25) is 0 Å². The lowest BCUT2D eigenvalue weighted by Crippen LogP contribution is -2.37. The van der Waals surface area contributed by atoms with Crippen molar-refractivity contribution in [3.05, 3.63) is 18.2 Å². The van der Waals surface area contributed by atoms with Crippen molar-refractivity contribution in [2.45, 2.75) is 19.8 Å². The van der Waals surface area contributed by atoms with E-state index in [9.17, 15) is 4.79 Å². The number of carbonyl (C=O) groups is 1. The zero-order chi connectivity index (χ0) is 14.4. The van der Waals surface area contributed by atoms with E-state index in [0.29, 0.717) is 18.1 Å². The molecule has 0 bridgehead atoms. The van der Waals surface area contributed by atoms with E-state index < -0.39 is 0 Å². The van der Waals surface area contributed by atoms with Crippen molar-refractivity contribution < 1.29 is 14.3 Å². The maximum atomic E-state index is 12.2. The maximum absolute atomic E-state index is 12.2. The molecule has 2 N–H and O–H groups in total. The van der Waals surface area contributed by atoms with Gasteiger partial charge in [-0.25, -0.2) is 0 Å². The average Bonchev–Trinajstić information content (AvgIpc) is 2.50. The normalized spacial score (nSPS) is 18.4. The maximum Gasteiger partial charge on any atom is 0.228 e. The number of benzene rings is 1. The van der Waals surface area contributed by atoms with Crippen LogP contribution in [-0.4, -0.2) is 32.7 Å². The smallest absolute Gasteiger partial charge is 0.228 e. The van der Waals surface area contributed by atoms with Crippen LogP contribution in [-0.2, 0) is 4.79 Å². The molecule has 1 aliphatic rings. The van der Waals surface area contributed by atoms with Gasteiger partial charge < -0.3 is 20.1 Å². The van der Waals surface area contributed by atoms with Gasteiger partial charge in [0.25, 0.3) is 0 Å². The lowest BCUT2D eigenvalue weighted by atomic mass is 9.99. The van der Waals surface area contributed by atoms with Crippen molar-refractivity contribution in [3.63, 3.8) is 0 Å². The molecular weight excluding hydrogens is 256 g/mol. The molecule has 1 aromatic rings. The molecule has 0 radical (unpaired) electrons. The summed E-state index contributed by atoms with van der Waals surface area (Å²) in [6.07, 6.45) is 1.98. The van der Waals surface area contributed by atoms with E-state index in [0.717, 1.165) is 31.6 Å². The minimum absolute atomic E-state index is 0.0429. The predicted octanol–water partition coefficient (Wildman–Crippen LogP) is 2.03. The molecule has 0 aromatic heterocycles. The van der Waals surface area contributed by atoms with Crippen LogP contribution >= 0.6 is 0 Å². The van der Waals surface area contributed by atoms with E-state index in [1.807, 2.05) is 19.1 Å². The summed E-state index contributed by atoms with van der Waals surface area (Å²) in [5, 5.41) is 6.19. The second-order valence-corrected chi connectivity index (χ2v) is 4.83. The molecule has 1 amide bonds. The number of amides is 1. The first kappa shape index (κ1) is 14.7. The summed E-state index contributed by atoms with van der Waals surface area (Å²) in [7, 11) is 1.59. The Morgan fingerprint density at radius 1 is 1.45 bits per heavy atom. The van der Waals surface area contributed by atoms with E-state index in [1.165, 1.54) is 0 Å². The van der Waals surface area contributed by atoms with Gasteiger partial charge in [0.15, 0.2) is 11.5 Å². The molecular formula is C15H22N2O3. The molecule has 0 aliphatic carbocycles. The fraction of sp³-hybridized carbons (Fsp3) is 0.533. The van der Waals surface area contributed by atoms with Gasteiger partial charge in [0.1, 0.15) is 0 Å². The van der Waals surface area contributed by atoms with Crippen LogP contribution in [0.15, 0.2) is 18.2 Å². The highest BCUT2D eigenvalue weighted by Gasteiger charge is 2.21. The van der Waals surface area contributed by atoms with Crippen LogP contribution in [0, 0.1) is 5.92 Å². The van der Waals surface area contributed by atoms with Crippen molar-refractivity contribution in [2.24, 2.45) is 5.92 Å². The highest BCUT2D eigenvalue weighted by atomic mass is 16.5. The molecule has 1 aromatic carbocycles. The van der Waals surface area contributed by atoms with E-state index in [4.69, 9.17) is 9.47 Å². The third-order valence-corrected chi connectivity index (χ3v) is 3.40. The number of methoxy groups -OCH3 is 1. The SMILES string of the molecule is CCOc1ccc(NC(=O)[C@H]2CCCNC2)cc1OC. The number of rotatable bonds is 5.